The van der Waals surface area contributed by atoms with E-state index in [2.05, 4.69) is 0 Å². The molecule has 0 radical (unpaired) electrons. The van der Waals surface area contributed by atoms with Crippen molar-refractivity contribution in [2.45, 2.75) is 50.3 Å². The highest BCUT2D eigenvalue weighted by Crippen LogP contribution is 1.98. The first-order valence-electron chi connectivity index (χ1n) is 6.81. The molecule has 0 saturated carbocycles. The largest absolute Gasteiger partial charge is 0.480 e. The SMILES string of the molecule is NCC(O)CCC(N)C(=O)O.NCCCCC(N)C(=O)O. The molecule has 0 aromatic heterocycles. The van der Waals surface area contributed by atoms with Crippen LogP contribution in [0.15, 0.2) is 0 Å². The summed E-state index contributed by atoms with van der Waals surface area (Å²) in [6.45, 7) is 0.749. The monoisotopic (exact) mass is 308 g/mol. The first kappa shape index (κ1) is 22.0. The van der Waals surface area contributed by atoms with Crippen LogP contribution < -0.4 is 22.9 Å². The molecule has 3 atom stereocenters. The molecule has 0 fully saturated rings. The lowest BCUT2D eigenvalue weighted by Gasteiger charge is -2.09. The van der Waals surface area contributed by atoms with Gasteiger partial charge in [-0.2, -0.15) is 0 Å². The van der Waals surface area contributed by atoms with Crippen LogP contribution in [0.2, 0.25) is 0 Å². The van der Waals surface area contributed by atoms with Crippen LogP contribution >= 0.6 is 0 Å². The Hall–Kier alpha value is -1.26. The summed E-state index contributed by atoms with van der Waals surface area (Å²) < 4.78 is 0. The van der Waals surface area contributed by atoms with Crippen molar-refractivity contribution in [1.29, 1.82) is 0 Å². The fraction of sp³-hybridized carbons (Fsp3) is 0.833. The van der Waals surface area contributed by atoms with Gasteiger partial charge in [-0.05, 0) is 32.2 Å². The second kappa shape index (κ2) is 13.7. The first-order valence-corrected chi connectivity index (χ1v) is 6.81. The summed E-state index contributed by atoms with van der Waals surface area (Å²) >= 11 is 0. The van der Waals surface area contributed by atoms with Gasteiger partial charge in [0.25, 0.3) is 0 Å². The summed E-state index contributed by atoms with van der Waals surface area (Å²) in [5, 5.41) is 25.6. The van der Waals surface area contributed by atoms with Gasteiger partial charge in [0, 0.05) is 6.54 Å². The molecular formula is C12H28N4O5. The van der Waals surface area contributed by atoms with Gasteiger partial charge in [-0.3, -0.25) is 9.59 Å². The maximum atomic E-state index is 10.2. The second-order valence-electron chi connectivity index (χ2n) is 4.64. The Morgan fingerprint density at radius 2 is 1.33 bits per heavy atom. The van der Waals surface area contributed by atoms with Gasteiger partial charge in [-0.15, -0.1) is 0 Å². The minimum absolute atomic E-state index is 0.145. The fourth-order valence-electron chi connectivity index (χ4n) is 1.25. The number of aliphatic carboxylic acids is 2. The Morgan fingerprint density at radius 1 is 0.857 bits per heavy atom. The number of rotatable bonds is 10. The number of carboxylic acids is 2. The van der Waals surface area contributed by atoms with Gasteiger partial charge in [0.1, 0.15) is 12.1 Å². The summed E-state index contributed by atoms with van der Waals surface area (Å²) in [5.74, 6) is -1.98. The summed E-state index contributed by atoms with van der Waals surface area (Å²) in [6, 6.07) is -1.61. The Bertz CT molecular complexity index is 291. The molecule has 0 bridgehead atoms. The predicted molar refractivity (Wildman–Crippen MR) is 78.4 cm³/mol. The van der Waals surface area contributed by atoms with Gasteiger partial charge in [-0.25, -0.2) is 0 Å². The molecule has 0 heterocycles. The van der Waals surface area contributed by atoms with Crippen molar-refractivity contribution in [2.75, 3.05) is 13.1 Å². The van der Waals surface area contributed by atoms with E-state index < -0.39 is 30.1 Å². The predicted octanol–water partition coefficient (Wildman–Crippen LogP) is -1.97. The molecule has 0 amide bonds. The van der Waals surface area contributed by atoms with Crippen molar-refractivity contribution in [3.8, 4) is 0 Å². The summed E-state index contributed by atoms with van der Waals surface area (Å²) in [5.41, 5.74) is 20.7. The van der Waals surface area contributed by atoms with Crippen molar-refractivity contribution in [2.24, 2.45) is 22.9 Å². The number of hydrogen-bond acceptors (Lipinski definition) is 7. The maximum absolute atomic E-state index is 10.2. The minimum Gasteiger partial charge on any atom is -0.480 e. The number of unbranched alkanes of at least 4 members (excludes halogenated alkanes) is 1. The van der Waals surface area contributed by atoms with Crippen molar-refractivity contribution >= 4 is 11.9 Å². The summed E-state index contributed by atoms with van der Waals surface area (Å²) in [4.78, 5) is 20.3. The van der Waals surface area contributed by atoms with E-state index >= 15 is 0 Å². The highest BCUT2D eigenvalue weighted by atomic mass is 16.4. The third kappa shape index (κ3) is 15.0. The van der Waals surface area contributed by atoms with Crippen molar-refractivity contribution in [3.63, 3.8) is 0 Å². The number of carboxylic acid groups (broad SMARTS) is 2. The molecular weight excluding hydrogens is 280 g/mol. The van der Waals surface area contributed by atoms with E-state index in [0.29, 0.717) is 19.4 Å². The van der Waals surface area contributed by atoms with Crippen LogP contribution in [-0.2, 0) is 9.59 Å². The van der Waals surface area contributed by atoms with Gasteiger partial charge < -0.3 is 38.3 Å². The topological polar surface area (TPSA) is 199 Å². The molecule has 0 rings (SSSR count). The highest BCUT2D eigenvalue weighted by molar-refractivity contribution is 5.73. The third-order valence-corrected chi connectivity index (χ3v) is 2.69. The maximum Gasteiger partial charge on any atom is 0.320 e. The van der Waals surface area contributed by atoms with E-state index in [-0.39, 0.29) is 13.0 Å². The number of carbonyl (C=O) groups is 2. The second-order valence-corrected chi connectivity index (χ2v) is 4.64. The van der Waals surface area contributed by atoms with E-state index in [0.717, 1.165) is 12.8 Å². The molecule has 9 heteroatoms. The van der Waals surface area contributed by atoms with Gasteiger partial charge in [0.15, 0.2) is 0 Å². The van der Waals surface area contributed by atoms with Crippen LogP contribution in [0.3, 0.4) is 0 Å². The molecule has 0 aliphatic rings. The Morgan fingerprint density at radius 3 is 1.71 bits per heavy atom. The average Bonchev–Trinajstić information content (AvgIpc) is 2.44. The average molecular weight is 308 g/mol. The minimum atomic E-state index is -1.05. The van der Waals surface area contributed by atoms with Gasteiger partial charge in [-0.1, -0.05) is 6.42 Å². The van der Waals surface area contributed by atoms with Crippen molar-refractivity contribution < 1.29 is 24.9 Å². The third-order valence-electron chi connectivity index (χ3n) is 2.69. The highest BCUT2D eigenvalue weighted by Gasteiger charge is 2.12. The number of aliphatic hydroxyl groups excluding tert-OH is 1. The quantitative estimate of drug-likeness (QED) is 0.223. The van der Waals surface area contributed by atoms with E-state index in [9.17, 15) is 9.59 Å². The van der Waals surface area contributed by atoms with E-state index in [1.54, 1.807) is 0 Å². The van der Waals surface area contributed by atoms with Gasteiger partial charge in [0.05, 0.1) is 6.10 Å². The fourth-order valence-corrected chi connectivity index (χ4v) is 1.25. The molecule has 0 saturated heterocycles. The molecule has 0 aliphatic heterocycles. The van der Waals surface area contributed by atoms with Crippen LogP contribution in [0.1, 0.15) is 32.1 Å². The van der Waals surface area contributed by atoms with Gasteiger partial charge in [0.2, 0.25) is 0 Å². The normalized spacial score (nSPS) is 14.5. The number of hydrogen-bond donors (Lipinski definition) is 7. The lowest BCUT2D eigenvalue weighted by molar-refractivity contribution is -0.139. The molecule has 21 heavy (non-hydrogen) atoms. The standard InChI is InChI=1S/C6H14N2O3.C6H14N2O2/c7-3-4(9)1-2-5(8)6(10)11;7-4-2-1-3-5(8)6(9)10/h4-5,9H,1-3,7-8H2,(H,10,11);5H,1-4,7-8H2,(H,9,10). The Kier molecular flexibility index (Phi) is 14.4. The zero-order valence-corrected chi connectivity index (χ0v) is 12.1. The summed E-state index contributed by atoms with van der Waals surface area (Å²) in [7, 11) is 0. The van der Waals surface area contributed by atoms with Gasteiger partial charge >= 0.3 is 11.9 Å². The lowest BCUT2D eigenvalue weighted by atomic mass is 10.1. The van der Waals surface area contributed by atoms with Crippen LogP contribution in [0.5, 0.6) is 0 Å². The lowest BCUT2D eigenvalue weighted by Crippen LogP contribution is -2.32. The first-order chi connectivity index (χ1) is 9.76. The van der Waals surface area contributed by atoms with Crippen LogP contribution in [0.4, 0.5) is 0 Å². The van der Waals surface area contributed by atoms with Crippen molar-refractivity contribution in [1.82, 2.24) is 0 Å². The van der Waals surface area contributed by atoms with E-state index in [4.69, 9.17) is 38.3 Å². The van der Waals surface area contributed by atoms with Crippen LogP contribution in [0.25, 0.3) is 0 Å². The molecule has 0 spiro atoms. The zero-order valence-electron chi connectivity index (χ0n) is 12.1. The number of aliphatic hydroxyl groups is 1. The van der Waals surface area contributed by atoms with Crippen LogP contribution in [-0.4, -0.2) is 58.5 Å². The molecule has 3 unspecified atom stereocenters. The van der Waals surface area contributed by atoms with Crippen LogP contribution in [0, 0.1) is 0 Å². The van der Waals surface area contributed by atoms with E-state index in [1.165, 1.54) is 0 Å². The Labute approximate surface area is 124 Å². The molecule has 9 nitrogen and oxygen atoms in total. The van der Waals surface area contributed by atoms with E-state index in [1.807, 2.05) is 0 Å². The number of nitrogens with two attached hydrogens (primary N) is 4. The molecule has 126 valence electrons. The molecule has 0 aromatic rings. The molecule has 11 N–H and O–H groups in total. The zero-order chi connectivity index (χ0) is 16.8. The smallest absolute Gasteiger partial charge is 0.320 e. The molecule has 0 aliphatic carbocycles. The molecule has 0 aromatic carbocycles. The summed E-state index contributed by atoms with van der Waals surface area (Å²) in [6.07, 6.45) is 2.12. The van der Waals surface area contributed by atoms with Crippen molar-refractivity contribution in [3.05, 3.63) is 0 Å². The Balaban J connectivity index is 0.